The standard InChI is InChI=1S/C30H58O2/c1-2-3-4-5-6-7-8-9-10-11-12-13-14-15-16-17-18-19-20-21-22-23-24-25-26-27-28-29-30(31)32/h23-24H,2-22,25-29H2,1H3,(H,31,32). The third-order valence-electron chi connectivity index (χ3n) is 6.65. The van der Waals surface area contributed by atoms with E-state index in [4.69, 9.17) is 5.11 Å². The van der Waals surface area contributed by atoms with Crippen LogP contribution in [0.4, 0.5) is 0 Å². The fourth-order valence-electron chi connectivity index (χ4n) is 4.47. The van der Waals surface area contributed by atoms with Crippen LogP contribution in [-0.4, -0.2) is 11.1 Å². The lowest BCUT2D eigenvalue weighted by Crippen LogP contribution is -1.93. The van der Waals surface area contributed by atoms with Gasteiger partial charge >= 0.3 is 5.97 Å². The quantitative estimate of drug-likeness (QED) is 0.0997. The summed E-state index contributed by atoms with van der Waals surface area (Å²) in [6, 6.07) is 0. The zero-order chi connectivity index (χ0) is 23.4. The highest BCUT2D eigenvalue weighted by Crippen LogP contribution is 2.15. The average Bonchev–Trinajstić information content (AvgIpc) is 2.78. The van der Waals surface area contributed by atoms with Gasteiger partial charge in [0, 0.05) is 6.42 Å². The van der Waals surface area contributed by atoms with Crippen molar-refractivity contribution < 1.29 is 9.90 Å². The predicted octanol–water partition coefficient (Wildman–Crippen LogP) is 10.8. The Bertz CT molecular complexity index is 388. The first kappa shape index (κ1) is 31.2. The molecule has 2 nitrogen and oxygen atoms in total. The Balaban J connectivity index is 3.06. The van der Waals surface area contributed by atoms with Gasteiger partial charge in [0.1, 0.15) is 0 Å². The number of carboxylic acid groups (broad SMARTS) is 1. The lowest BCUT2D eigenvalue weighted by molar-refractivity contribution is -0.137. The summed E-state index contributed by atoms with van der Waals surface area (Å²) in [5.74, 6) is -0.667. The molecule has 190 valence electrons. The average molecular weight is 451 g/mol. The Morgan fingerprint density at radius 3 is 1.06 bits per heavy atom. The monoisotopic (exact) mass is 450 g/mol. The fourth-order valence-corrected chi connectivity index (χ4v) is 4.47. The number of hydrogen-bond acceptors (Lipinski definition) is 1. The summed E-state index contributed by atoms with van der Waals surface area (Å²) in [6.45, 7) is 2.29. The van der Waals surface area contributed by atoms with Crippen LogP contribution in [0.5, 0.6) is 0 Å². The van der Waals surface area contributed by atoms with Crippen LogP contribution < -0.4 is 0 Å². The molecular weight excluding hydrogens is 392 g/mol. The third-order valence-corrected chi connectivity index (χ3v) is 6.65. The molecule has 0 aliphatic heterocycles. The molecule has 0 amide bonds. The van der Waals surface area contributed by atoms with Crippen molar-refractivity contribution in [3.8, 4) is 0 Å². The van der Waals surface area contributed by atoms with Crippen LogP contribution in [0.25, 0.3) is 0 Å². The van der Waals surface area contributed by atoms with Crippen LogP contribution in [0, 0.1) is 0 Å². The minimum absolute atomic E-state index is 0.323. The van der Waals surface area contributed by atoms with E-state index >= 15 is 0 Å². The van der Waals surface area contributed by atoms with Crippen LogP contribution in [0.2, 0.25) is 0 Å². The molecule has 0 fully saturated rings. The van der Waals surface area contributed by atoms with Gasteiger partial charge in [-0.2, -0.15) is 0 Å². The molecule has 0 aliphatic carbocycles. The Morgan fingerprint density at radius 2 is 0.750 bits per heavy atom. The van der Waals surface area contributed by atoms with Gasteiger partial charge in [-0.25, -0.2) is 0 Å². The molecule has 0 atom stereocenters. The summed E-state index contributed by atoms with van der Waals surface area (Å²) in [6.07, 6.45) is 39.0. The third kappa shape index (κ3) is 29.2. The van der Waals surface area contributed by atoms with E-state index in [2.05, 4.69) is 19.1 Å². The van der Waals surface area contributed by atoms with E-state index in [1.807, 2.05) is 0 Å². The van der Waals surface area contributed by atoms with E-state index in [0.29, 0.717) is 6.42 Å². The van der Waals surface area contributed by atoms with Crippen LogP contribution in [0.15, 0.2) is 12.2 Å². The number of carboxylic acids is 1. The molecule has 2 heteroatoms. The Labute approximate surface area is 202 Å². The highest BCUT2D eigenvalue weighted by Gasteiger charge is 1.96. The Kier molecular flexibility index (Phi) is 27.5. The molecule has 0 aromatic carbocycles. The number of carbonyl (C=O) groups is 1. The molecule has 0 aromatic rings. The molecular formula is C30H58O2. The maximum Gasteiger partial charge on any atom is 0.303 e. The highest BCUT2D eigenvalue weighted by atomic mass is 16.4. The zero-order valence-corrected chi connectivity index (χ0v) is 21.9. The first-order valence-corrected chi connectivity index (χ1v) is 14.6. The SMILES string of the molecule is CCCCCCCCCCCCCCCCCCCCCCC=CCCCCCC(=O)O. The van der Waals surface area contributed by atoms with Crippen LogP contribution in [-0.2, 0) is 4.79 Å². The van der Waals surface area contributed by atoms with Crippen molar-refractivity contribution in [1.82, 2.24) is 0 Å². The second kappa shape index (κ2) is 28.2. The summed E-state index contributed by atoms with van der Waals surface area (Å²) < 4.78 is 0. The van der Waals surface area contributed by atoms with Crippen molar-refractivity contribution in [2.45, 2.75) is 174 Å². The number of hydrogen-bond donors (Lipinski definition) is 1. The molecule has 0 saturated heterocycles. The Hall–Kier alpha value is -0.790. The van der Waals surface area contributed by atoms with Crippen molar-refractivity contribution in [2.24, 2.45) is 0 Å². The lowest BCUT2D eigenvalue weighted by Gasteiger charge is -2.04. The van der Waals surface area contributed by atoms with E-state index in [9.17, 15) is 4.79 Å². The van der Waals surface area contributed by atoms with Crippen LogP contribution >= 0.6 is 0 Å². The highest BCUT2D eigenvalue weighted by molar-refractivity contribution is 5.66. The molecule has 0 spiro atoms. The smallest absolute Gasteiger partial charge is 0.303 e. The van der Waals surface area contributed by atoms with Gasteiger partial charge in [0.05, 0.1) is 0 Å². The first-order valence-electron chi connectivity index (χ1n) is 14.6. The van der Waals surface area contributed by atoms with Crippen LogP contribution in [0.3, 0.4) is 0 Å². The lowest BCUT2D eigenvalue weighted by atomic mass is 10.0. The first-order chi connectivity index (χ1) is 15.8. The molecule has 0 unspecified atom stereocenters. The van der Waals surface area contributed by atoms with Gasteiger partial charge in [-0.05, 0) is 32.1 Å². The summed E-state index contributed by atoms with van der Waals surface area (Å²) in [7, 11) is 0. The van der Waals surface area contributed by atoms with E-state index < -0.39 is 5.97 Å². The summed E-state index contributed by atoms with van der Waals surface area (Å²) >= 11 is 0. The largest absolute Gasteiger partial charge is 0.481 e. The van der Waals surface area contributed by atoms with Gasteiger partial charge in [0.15, 0.2) is 0 Å². The molecule has 0 aliphatic rings. The maximum absolute atomic E-state index is 10.4. The summed E-state index contributed by atoms with van der Waals surface area (Å²) in [5.41, 5.74) is 0. The van der Waals surface area contributed by atoms with Gasteiger partial charge in [0.25, 0.3) is 0 Å². The van der Waals surface area contributed by atoms with Crippen molar-refractivity contribution in [3.05, 3.63) is 12.2 Å². The van der Waals surface area contributed by atoms with Crippen molar-refractivity contribution in [1.29, 1.82) is 0 Å². The molecule has 0 aromatic heterocycles. The van der Waals surface area contributed by atoms with Crippen molar-refractivity contribution in [3.63, 3.8) is 0 Å². The molecule has 32 heavy (non-hydrogen) atoms. The number of rotatable bonds is 27. The molecule has 1 N–H and O–H groups in total. The summed E-state index contributed by atoms with van der Waals surface area (Å²) in [4.78, 5) is 10.4. The fraction of sp³-hybridized carbons (Fsp3) is 0.900. The van der Waals surface area contributed by atoms with Gasteiger partial charge in [0.2, 0.25) is 0 Å². The number of aliphatic carboxylic acids is 1. The van der Waals surface area contributed by atoms with Gasteiger partial charge in [-0.3, -0.25) is 4.79 Å². The summed E-state index contributed by atoms with van der Waals surface area (Å²) in [5, 5.41) is 8.59. The maximum atomic E-state index is 10.4. The second-order valence-corrected chi connectivity index (χ2v) is 9.97. The van der Waals surface area contributed by atoms with Crippen molar-refractivity contribution >= 4 is 5.97 Å². The minimum Gasteiger partial charge on any atom is -0.481 e. The van der Waals surface area contributed by atoms with Gasteiger partial charge < -0.3 is 5.11 Å². The molecule has 0 rings (SSSR count). The predicted molar refractivity (Wildman–Crippen MR) is 142 cm³/mol. The second-order valence-electron chi connectivity index (χ2n) is 9.97. The van der Waals surface area contributed by atoms with E-state index in [1.165, 1.54) is 135 Å². The number of allylic oxidation sites excluding steroid dienone is 2. The minimum atomic E-state index is -0.667. The number of unbranched alkanes of at least 4 members (excludes halogenated alkanes) is 23. The topological polar surface area (TPSA) is 37.3 Å². The zero-order valence-electron chi connectivity index (χ0n) is 21.9. The molecule has 0 saturated carbocycles. The van der Waals surface area contributed by atoms with E-state index in [0.717, 1.165) is 25.7 Å². The van der Waals surface area contributed by atoms with Crippen molar-refractivity contribution in [2.75, 3.05) is 0 Å². The van der Waals surface area contributed by atoms with E-state index in [-0.39, 0.29) is 0 Å². The van der Waals surface area contributed by atoms with E-state index in [1.54, 1.807) is 0 Å². The Morgan fingerprint density at radius 1 is 0.469 bits per heavy atom. The normalized spacial score (nSPS) is 11.5. The molecule has 0 radical (unpaired) electrons. The molecule has 0 bridgehead atoms. The van der Waals surface area contributed by atoms with Gasteiger partial charge in [-0.15, -0.1) is 0 Å². The van der Waals surface area contributed by atoms with Gasteiger partial charge in [-0.1, -0.05) is 147 Å². The molecule has 0 heterocycles. The van der Waals surface area contributed by atoms with Crippen LogP contribution in [0.1, 0.15) is 174 Å².